The van der Waals surface area contributed by atoms with Gasteiger partial charge in [0.1, 0.15) is 0 Å². The third kappa shape index (κ3) is 5.39. The number of likely N-dealkylation sites (tertiary alicyclic amines) is 1. The largest absolute Gasteiger partial charge is 0.416 e. The maximum atomic E-state index is 12.8. The lowest BCUT2D eigenvalue weighted by atomic mass is 9.81. The van der Waals surface area contributed by atoms with Crippen LogP contribution in [0.3, 0.4) is 0 Å². The third-order valence-corrected chi connectivity index (χ3v) is 5.53. The highest BCUT2D eigenvalue weighted by atomic mass is 19.4. The number of benzene rings is 1. The number of nitrogens with one attached hydrogen (secondary N) is 2. The van der Waals surface area contributed by atoms with Gasteiger partial charge in [0, 0.05) is 31.2 Å². The zero-order valence-electron chi connectivity index (χ0n) is 15.9. The van der Waals surface area contributed by atoms with Crippen LogP contribution in [-0.4, -0.2) is 36.0 Å². The molecule has 1 aromatic rings. The van der Waals surface area contributed by atoms with Crippen molar-refractivity contribution < 1.29 is 22.8 Å². The number of piperidine rings is 1. The summed E-state index contributed by atoms with van der Waals surface area (Å²) in [6.45, 7) is 3.02. The lowest BCUT2D eigenvalue weighted by Gasteiger charge is -2.38. The van der Waals surface area contributed by atoms with Gasteiger partial charge in [0.05, 0.1) is 5.56 Å². The molecule has 5 nitrogen and oxygen atoms in total. The Bertz CT molecular complexity index is 719. The molecule has 154 valence electrons. The molecule has 2 N–H and O–H groups in total. The zero-order valence-corrected chi connectivity index (χ0v) is 15.9. The number of carbonyl (C=O) groups is 2. The van der Waals surface area contributed by atoms with E-state index in [-0.39, 0.29) is 23.4 Å². The summed E-state index contributed by atoms with van der Waals surface area (Å²) in [7, 11) is 0. The number of nitrogens with zero attached hydrogens (tertiary/aromatic N) is 1. The lowest BCUT2D eigenvalue weighted by molar-refractivity contribution is -0.137. The van der Waals surface area contributed by atoms with Crippen LogP contribution in [0.2, 0.25) is 0 Å². The number of halogens is 3. The average Bonchev–Trinajstić information content (AvgIpc) is 3.45. The Morgan fingerprint density at radius 3 is 2.57 bits per heavy atom. The van der Waals surface area contributed by atoms with Gasteiger partial charge in [0.2, 0.25) is 5.91 Å². The van der Waals surface area contributed by atoms with Gasteiger partial charge in [-0.1, -0.05) is 19.4 Å². The summed E-state index contributed by atoms with van der Waals surface area (Å²) in [4.78, 5) is 26.3. The quantitative estimate of drug-likeness (QED) is 0.780. The van der Waals surface area contributed by atoms with Crippen LogP contribution >= 0.6 is 0 Å². The van der Waals surface area contributed by atoms with Crippen molar-refractivity contribution in [3.8, 4) is 0 Å². The first kappa shape index (κ1) is 20.5. The summed E-state index contributed by atoms with van der Waals surface area (Å²) in [5.41, 5.74) is -0.670. The van der Waals surface area contributed by atoms with E-state index >= 15 is 0 Å². The van der Waals surface area contributed by atoms with E-state index in [4.69, 9.17) is 0 Å². The predicted octanol–water partition coefficient (Wildman–Crippen LogP) is 4.25. The topological polar surface area (TPSA) is 61.4 Å². The van der Waals surface area contributed by atoms with Gasteiger partial charge in [0.15, 0.2) is 0 Å². The molecule has 8 heteroatoms. The molecule has 2 atom stereocenters. The fraction of sp³-hybridized carbons (Fsp3) is 0.600. The molecule has 2 unspecified atom stereocenters. The van der Waals surface area contributed by atoms with Crippen LogP contribution in [0, 0.1) is 11.8 Å². The SMILES string of the molecule is CCC1CN(C(=O)Nc2cccc(C(F)(F)F)c2)CCC1CC(=O)NC1CC1. The van der Waals surface area contributed by atoms with Crippen molar-refractivity contribution >= 4 is 17.6 Å². The Kier molecular flexibility index (Phi) is 6.15. The molecule has 1 aliphatic carbocycles. The molecular formula is C20H26F3N3O2. The van der Waals surface area contributed by atoms with Crippen LogP contribution in [-0.2, 0) is 11.0 Å². The van der Waals surface area contributed by atoms with Crippen LogP contribution in [0.25, 0.3) is 0 Å². The Hall–Kier alpha value is -2.25. The number of rotatable bonds is 5. The number of urea groups is 1. The highest BCUT2D eigenvalue weighted by molar-refractivity contribution is 5.89. The number of amides is 3. The molecule has 3 rings (SSSR count). The van der Waals surface area contributed by atoms with Crippen molar-refractivity contribution in [2.75, 3.05) is 18.4 Å². The van der Waals surface area contributed by atoms with Crippen molar-refractivity contribution in [1.29, 1.82) is 0 Å². The Morgan fingerprint density at radius 1 is 1.18 bits per heavy atom. The number of hydrogen-bond donors (Lipinski definition) is 2. The van der Waals surface area contributed by atoms with E-state index in [0.29, 0.717) is 32.0 Å². The highest BCUT2D eigenvalue weighted by Crippen LogP contribution is 2.32. The van der Waals surface area contributed by atoms with Crippen LogP contribution < -0.4 is 10.6 Å². The van der Waals surface area contributed by atoms with E-state index in [2.05, 4.69) is 10.6 Å². The van der Waals surface area contributed by atoms with Gasteiger partial charge >= 0.3 is 12.2 Å². The van der Waals surface area contributed by atoms with Gasteiger partial charge in [-0.15, -0.1) is 0 Å². The normalized spacial score (nSPS) is 22.6. The molecule has 0 spiro atoms. The Morgan fingerprint density at radius 2 is 1.93 bits per heavy atom. The van der Waals surface area contributed by atoms with E-state index in [1.54, 1.807) is 4.90 Å². The average molecular weight is 397 g/mol. The minimum absolute atomic E-state index is 0.0767. The molecular weight excluding hydrogens is 371 g/mol. The second kappa shape index (κ2) is 8.41. The van der Waals surface area contributed by atoms with Gasteiger partial charge in [-0.2, -0.15) is 13.2 Å². The van der Waals surface area contributed by atoms with Gasteiger partial charge in [-0.25, -0.2) is 4.79 Å². The fourth-order valence-electron chi connectivity index (χ4n) is 3.72. The molecule has 1 saturated heterocycles. The summed E-state index contributed by atoms with van der Waals surface area (Å²) in [5.74, 6) is 0.500. The number of alkyl halides is 3. The van der Waals surface area contributed by atoms with Gasteiger partial charge in [-0.05, 0) is 49.3 Å². The van der Waals surface area contributed by atoms with Crippen LogP contribution in [0.15, 0.2) is 24.3 Å². The summed E-state index contributed by atoms with van der Waals surface area (Å²) in [6, 6.07) is 4.56. The Labute approximate surface area is 162 Å². The van der Waals surface area contributed by atoms with Crippen LogP contribution in [0.1, 0.15) is 44.6 Å². The van der Waals surface area contributed by atoms with E-state index in [0.717, 1.165) is 31.4 Å². The predicted molar refractivity (Wildman–Crippen MR) is 99.7 cm³/mol. The molecule has 28 heavy (non-hydrogen) atoms. The molecule has 1 aliphatic heterocycles. The van der Waals surface area contributed by atoms with Crippen molar-refractivity contribution in [1.82, 2.24) is 10.2 Å². The molecule has 1 heterocycles. The van der Waals surface area contributed by atoms with Gasteiger partial charge in [0.25, 0.3) is 0 Å². The minimum atomic E-state index is -4.45. The second-order valence-electron chi connectivity index (χ2n) is 7.72. The number of hydrogen-bond acceptors (Lipinski definition) is 2. The first-order valence-electron chi connectivity index (χ1n) is 9.78. The van der Waals surface area contributed by atoms with Gasteiger partial charge in [-0.3, -0.25) is 4.79 Å². The van der Waals surface area contributed by atoms with Crippen LogP contribution in [0.5, 0.6) is 0 Å². The van der Waals surface area contributed by atoms with E-state index < -0.39 is 17.8 Å². The van der Waals surface area contributed by atoms with E-state index in [1.807, 2.05) is 6.92 Å². The summed E-state index contributed by atoms with van der Waals surface area (Å²) < 4.78 is 38.5. The first-order valence-corrected chi connectivity index (χ1v) is 9.78. The fourth-order valence-corrected chi connectivity index (χ4v) is 3.72. The standard InChI is InChI=1S/C20H26F3N3O2/c1-2-13-12-26(9-8-14(13)10-18(27)24-16-6-7-16)19(28)25-17-5-3-4-15(11-17)20(21,22)23/h3-5,11,13-14,16H,2,6-10,12H2,1H3,(H,24,27)(H,25,28). The van der Waals surface area contributed by atoms with Crippen molar-refractivity contribution in [3.05, 3.63) is 29.8 Å². The maximum absolute atomic E-state index is 12.8. The summed E-state index contributed by atoms with van der Waals surface area (Å²) in [5, 5.41) is 5.57. The molecule has 3 amide bonds. The minimum Gasteiger partial charge on any atom is -0.353 e. The molecule has 0 aromatic heterocycles. The Balaban J connectivity index is 1.56. The van der Waals surface area contributed by atoms with Gasteiger partial charge < -0.3 is 15.5 Å². The smallest absolute Gasteiger partial charge is 0.353 e. The zero-order chi connectivity index (χ0) is 20.3. The monoisotopic (exact) mass is 397 g/mol. The molecule has 1 aromatic carbocycles. The molecule has 2 fully saturated rings. The third-order valence-electron chi connectivity index (χ3n) is 5.53. The number of anilines is 1. The molecule has 2 aliphatic rings. The molecule has 0 bridgehead atoms. The van der Waals surface area contributed by atoms with Crippen molar-refractivity contribution in [3.63, 3.8) is 0 Å². The second-order valence-corrected chi connectivity index (χ2v) is 7.72. The van der Waals surface area contributed by atoms with Crippen molar-refractivity contribution in [2.24, 2.45) is 11.8 Å². The van der Waals surface area contributed by atoms with Crippen molar-refractivity contribution in [2.45, 2.75) is 51.2 Å². The molecule has 0 radical (unpaired) electrons. The van der Waals surface area contributed by atoms with E-state index in [1.165, 1.54) is 12.1 Å². The molecule has 1 saturated carbocycles. The summed E-state index contributed by atoms with van der Waals surface area (Å²) in [6.07, 6.45) is -0.318. The maximum Gasteiger partial charge on any atom is 0.416 e. The highest BCUT2D eigenvalue weighted by Gasteiger charge is 2.34. The summed E-state index contributed by atoms with van der Waals surface area (Å²) >= 11 is 0. The first-order chi connectivity index (χ1) is 13.3. The van der Waals surface area contributed by atoms with E-state index in [9.17, 15) is 22.8 Å². The lowest BCUT2D eigenvalue weighted by Crippen LogP contribution is -2.46. The van der Waals surface area contributed by atoms with Crippen LogP contribution in [0.4, 0.5) is 23.7 Å². The number of carbonyl (C=O) groups excluding carboxylic acids is 2.